The van der Waals surface area contributed by atoms with Crippen molar-refractivity contribution in [2.45, 2.75) is 32.1 Å². The van der Waals surface area contributed by atoms with Crippen LogP contribution in [0, 0.1) is 5.41 Å². The zero-order valence-electron chi connectivity index (χ0n) is 7.28. The Labute approximate surface area is 63.2 Å². The molecule has 0 saturated heterocycles. The van der Waals surface area contributed by atoms with Crippen LogP contribution in [-0.2, 0) is 0 Å². The maximum absolute atomic E-state index is 2.88. The third-order valence-corrected chi connectivity index (χ3v) is 1.19. The molecule has 52 valence electrons. The number of hydrogen-bond acceptors (Lipinski definition) is 0. The summed E-state index contributed by atoms with van der Waals surface area (Å²) in [6.45, 7) is 6.83. The molecule has 0 aromatic rings. The zero-order valence-corrected chi connectivity index (χ0v) is 8.44. The van der Waals surface area contributed by atoms with Gasteiger partial charge >= 0.3 is 0 Å². The summed E-state index contributed by atoms with van der Waals surface area (Å²) in [5, 5.41) is 0. The smallest absolute Gasteiger partial charge is 0.104 e. The fourth-order valence-corrected chi connectivity index (χ4v) is 1.98. The molecule has 0 amide bonds. The van der Waals surface area contributed by atoms with E-state index in [-0.39, 0.29) is 0 Å². The predicted molar refractivity (Wildman–Crippen MR) is 53.6 cm³/mol. The van der Waals surface area contributed by atoms with Gasteiger partial charge in [-0.3, -0.25) is 0 Å². The maximum atomic E-state index is 2.88. The largest absolute Gasteiger partial charge is 0.147 e. The van der Waals surface area contributed by atoms with E-state index in [9.17, 15) is 0 Å². The molecule has 0 aromatic heterocycles. The van der Waals surface area contributed by atoms with Crippen molar-refractivity contribution in [3.8, 4) is 0 Å². The van der Waals surface area contributed by atoms with Gasteiger partial charge in [0.25, 0.3) is 0 Å². The average Bonchev–Trinajstić information content (AvgIpc) is 1.14. The van der Waals surface area contributed by atoms with E-state index in [1.54, 1.807) is 0 Å². The van der Waals surface area contributed by atoms with Crippen LogP contribution in [0.3, 0.4) is 0 Å². The Morgan fingerprint density at radius 3 is 1.56 bits per heavy atom. The Morgan fingerprint density at radius 1 is 1.22 bits per heavy atom. The molecule has 0 bridgehead atoms. The van der Waals surface area contributed by atoms with Crippen LogP contribution in [0.5, 0.6) is 0 Å². The standard InChI is InChI=1S/C6H17B2P/c1-5(2,3)4-6(7,8)9/h4,7-9H2,1-3H3. The minimum Gasteiger partial charge on any atom is -0.147 e. The molecule has 9 heavy (non-hydrogen) atoms. The van der Waals surface area contributed by atoms with Crippen molar-refractivity contribution < 1.29 is 0 Å². The highest BCUT2D eigenvalue weighted by Gasteiger charge is 2.20. The predicted octanol–water partition coefficient (Wildman–Crippen LogP) is 0.218. The highest BCUT2D eigenvalue weighted by Crippen LogP contribution is 2.28. The minimum atomic E-state index is 0.401. The molecule has 0 fully saturated rings. The van der Waals surface area contributed by atoms with Gasteiger partial charge in [0.05, 0.1) is 0 Å². The van der Waals surface area contributed by atoms with Crippen molar-refractivity contribution in [2.75, 3.05) is 0 Å². The Hall–Kier alpha value is 0.560. The van der Waals surface area contributed by atoms with Gasteiger partial charge in [0.2, 0.25) is 0 Å². The van der Waals surface area contributed by atoms with Gasteiger partial charge in [-0.25, -0.2) is 0 Å². The van der Waals surface area contributed by atoms with Crippen LogP contribution in [0.4, 0.5) is 0 Å². The lowest BCUT2D eigenvalue weighted by Crippen LogP contribution is -2.27. The van der Waals surface area contributed by atoms with Gasteiger partial charge in [-0.1, -0.05) is 32.1 Å². The molecule has 0 aliphatic heterocycles. The molecule has 0 saturated carbocycles. The molecule has 0 rings (SSSR count). The second-order valence-electron chi connectivity index (χ2n) is 4.73. The molecule has 0 aromatic carbocycles. The highest BCUT2D eigenvalue weighted by molar-refractivity contribution is 7.26. The normalized spacial score (nSPS) is 13.8. The summed E-state index contributed by atoms with van der Waals surface area (Å²) in [6, 6.07) is 0. The quantitative estimate of drug-likeness (QED) is 0.362. The van der Waals surface area contributed by atoms with E-state index in [2.05, 4.69) is 45.7 Å². The third-order valence-electron chi connectivity index (χ3n) is 0.986. The van der Waals surface area contributed by atoms with Crippen LogP contribution >= 0.6 is 9.24 Å². The van der Waals surface area contributed by atoms with E-state index in [1.807, 2.05) is 0 Å². The van der Waals surface area contributed by atoms with Crippen LogP contribution < -0.4 is 0 Å². The fourth-order valence-electron chi connectivity index (χ4n) is 1.37. The Morgan fingerprint density at radius 2 is 1.56 bits per heavy atom. The summed E-state index contributed by atoms with van der Waals surface area (Å²) in [5.41, 5.74) is 0.464. The number of hydrogen-bond donors (Lipinski definition) is 0. The molecule has 0 N–H and O–H groups in total. The van der Waals surface area contributed by atoms with Gasteiger partial charge in [-0.15, -0.1) is 9.24 Å². The van der Waals surface area contributed by atoms with Gasteiger partial charge in [0.15, 0.2) is 0 Å². The monoisotopic (exact) mass is 142 g/mol. The molecule has 0 aliphatic carbocycles. The van der Waals surface area contributed by atoms with Crippen LogP contribution in [0.25, 0.3) is 0 Å². The van der Waals surface area contributed by atoms with E-state index in [1.165, 1.54) is 6.42 Å². The average molecular weight is 142 g/mol. The second-order valence-corrected chi connectivity index (χ2v) is 6.29. The molecule has 3 heteroatoms. The first kappa shape index (κ1) is 9.56. The molecule has 0 spiro atoms. The molecule has 0 radical (unpaired) electrons. The first-order valence-corrected chi connectivity index (χ1v) is 4.07. The summed E-state index contributed by atoms with van der Waals surface area (Å²) < 4.78 is 0. The van der Waals surface area contributed by atoms with E-state index >= 15 is 0 Å². The second kappa shape index (κ2) is 2.66. The molecule has 0 aliphatic rings. The topological polar surface area (TPSA) is 0 Å². The third kappa shape index (κ3) is 8.56. The molecular formula is C6H17B2P. The van der Waals surface area contributed by atoms with Crippen molar-refractivity contribution in [3.05, 3.63) is 0 Å². The van der Waals surface area contributed by atoms with Crippen LogP contribution in [0.1, 0.15) is 27.2 Å². The first-order valence-electron chi connectivity index (χ1n) is 3.50. The van der Waals surface area contributed by atoms with Gasteiger partial charge < -0.3 is 0 Å². The summed E-state index contributed by atoms with van der Waals surface area (Å²) in [7, 11) is 7.38. The van der Waals surface area contributed by atoms with Crippen molar-refractivity contribution in [2.24, 2.45) is 5.41 Å². The lowest BCUT2D eigenvalue weighted by atomic mass is 9.62. The maximum Gasteiger partial charge on any atom is 0.104 e. The number of rotatable bonds is 1. The zero-order chi connectivity index (χ0) is 7.71. The van der Waals surface area contributed by atoms with Gasteiger partial charge in [0, 0.05) is 0 Å². The Kier molecular flexibility index (Phi) is 2.83. The van der Waals surface area contributed by atoms with E-state index in [4.69, 9.17) is 0 Å². The van der Waals surface area contributed by atoms with E-state index in [0.717, 1.165) is 0 Å². The Balaban J connectivity index is 3.75. The van der Waals surface area contributed by atoms with E-state index in [0.29, 0.717) is 10.4 Å². The summed E-state index contributed by atoms with van der Waals surface area (Å²) in [4.78, 5) is 0.401. The highest BCUT2D eigenvalue weighted by atomic mass is 31.0. The molecule has 0 nitrogen and oxygen atoms in total. The van der Waals surface area contributed by atoms with Crippen molar-refractivity contribution in [3.63, 3.8) is 0 Å². The lowest BCUT2D eigenvalue weighted by molar-refractivity contribution is 0.384. The minimum absolute atomic E-state index is 0.401. The van der Waals surface area contributed by atoms with Gasteiger partial charge in [-0.05, 0) is 5.41 Å². The van der Waals surface area contributed by atoms with Crippen molar-refractivity contribution in [1.82, 2.24) is 0 Å². The van der Waals surface area contributed by atoms with Crippen molar-refractivity contribution >= 4 is 24.9 Å². The summed E-state index contributed by atoms with van der Waals surface area (Å²) >= 11 is 0. The summed E-state index contributed by atoms with van der Waals surface area (Å²) in [6.07, 6.45) is 1.25. The summed E-state index contributed by atoms with van der Waals surface area (Å²) in [5.74, 6) is 0. The van der Waals surface area contributed by atoms with Crippen LogP contribution in [0.15, 0.2) is 0 Å². The Bertz CT molecular complexity index is 76.2. The molecule has 1 unspecified atom stereocenters. The molecular weight excluding hydrogens is 125 g/mol. The SMILES string of the molecule is BC(B)(P)CC(C)(C)C. The lowest BCUT2D eigenvalue weighted by Gasteiger charge is -2.28. The molecule has 0 heterocycles. The van der Waals surface area contributed by atoms with Crippen LogP contribution in [0.2, 0.25) is 0 Å². The van der Waals surface area contributed by atoms with Gasteiger partial charge in [-0.2, -0.15) is 0 Å². The van der Waals surface area contributed by atoms with Gasteiger partial charge in [0.1, 0.15) is 15.7 Å². The fraction of sp³-hybridized carbons (Fsp3) is 1.00. The molecule has 1 atom stereocenters. The van der Waals surface area contributed by atoms with E-state index < -0.39 is 0 Å². The first-order chi connectivity index (χ1) is 3.71. The van der Waals surface area contributed by atoms with Crippen molar-refractivity contribution in [1.29, 1.82) is 0 Å². The van der Waals surface area contributed by atoms with Crippen LogP contribution in [-0.4, -0.2) is 20.6 Å².